The van der Waals surface area contributed by atoms with Crippen molar-refractivity contribution in [3.05, 3.63) is 0 Å². The Morgan fingerprint density at radius 2 is 1.23 bits per heavy atom. The third kappa shape index (κ3) is 11.5. The molecule has 0 rings (SSSR count). The highest BCUT2D eigenvalue weighted by Gasteiger charge is 2.02. The van der Waals surface area contributed by atoms with Crippen molar-refractivity contribution in [1.29, 1.82) is 10.8 Å². The largest absolute Gasteiger partial charge is 0.481 e. The first-order valence-corrected chi connectivity index (χ1v) is 3.61. The van der Waals surface area contributed by atoms with Gasteiger partial charge in [-0.15, -0.1) is 24.8 Å². The molecule has 0 saturated heterocycles. The molecular weight excluding hydrogens is 215 g/mol. The lowest BCUT2D eigenvalue weighted by Gasteiger charge is -2.05. The third-order valence-electron chi connectivity index (χ3n) is 0.958. The summed E-state index contributed by atoms with van der Waals surface area (Å²) in [4.78, 5) is 0. The molecule has 0 spiro atoms. The maximum Gasteiger partial charge on any atom is 0.189 e. The van der Waals surface area contributed by atoms with Gasteiger partial charge < -0.3 is 9.47 Å². The molecule has 13 heavy (non-hydrogen) atoms. The first-order chi connectivity index (χ1) is 5.20. The smallest absolute Gasteiger partial charge is 0.189 e. The first kappa shape index (κ1) is 18.3. The van der Waals surface area contributed by atoms with Gasteiger partial charge in [0.25, 0.3) is 0 Å². The minimum atomic E-state index is 0. The number of hydrogen-bond donors (Lipinski definition) is 2. The van der Waals surface area contributed by atoms with Crippen molar-refractivity contribution in [2.45, 2.75) is 20.3 Å². The first-order valence-electron chi connectivity index (χ1n) is 3.61. The van der Waals surface area contributed by atoms with Crippen LogP contribution in [-0.4, -0.2) is 25.0 Å². The Morgan fingerprint density at radius 3 is 1.46 bits per heavy atom. The van der Waals surface area contributed by atoms with Crippen LogP contribution in [0.15, 0.2) is 0 Å². The topological polar surface area (TPSA) is 66.2 Å². The van der Waals surface area contributed by atoms with Gasteiger partial charge in [0.2, 0.25) is 0 Å². The average Bonchev–Trinajstić information content (AvgIpc) is 1.87. The highest BCUT2D eigenvalue weighted by molar-refractivity contribution is 5.93. The van der Waals surface area contributed by atoms with E-state index in [0.29, 0.717) is 13.2 Å². The van der Waals surface area contributed by atoms with Crippen LogP contribution in [0, 0.1) is 10.8 Å². The van der Waals surface area contributed by atoms with Crippen LogP contribution in [-0.2, 0) is 9.47 Å². The standard InChI is InChI=1S/C7H14N2O2.2ClH/c1-3-10-6(8)5-7(9)11-4-2;;/h8-9H,3-5H2,1-2H3;2*1H. The van der Waals surface area contributed by atoms with E-state index in [2.05, 4.69) is 0 Å². The zero-order valence-electron chi connectivity index (χ0n) is 7.75. The highest BCUT2D eigenvalue weighted by atomic mass is 35.5. The fourth-order valence-corrected chi connectivity index (χ4v) is 0.596. The van der Waals surface area contributed by atoms with Crippen molar-refractivity contribution < 1.29 is 9.47 Å². The molecule has 0 saturated carbocycles. The molecule has 80 valence electrons. The van der Waals surface area contributed by atoms with Crippen molar-refractivity contribution in [1.82, 2.24) is 0 Å². The summed E-state index contributed by atoms with van der Waals surface area (Å²) < 4.78 is 9.64. The molecule has 2 N–H and O–H groups in total. The van der Waals surface area contributed by atoms with Crippen molar-refractivity contribution >= 4 is 36.6 Å². The van der Waals surface area contributed by atoms with Gasteiger partial charge in [0.05, 0.1) is 19.6 Å². The number of rotatable bonds is 4. The Bertz CT molecular complexity index is 137. The molecule has 0 radical (unpaired) electrons. The molecule has 0 bridgehead atoms. The SMILES string of the molecule is CCOC(=N)CC(=N)OCC.Cl.Cl. The summed E-state index contributed by atoms with van der Waals surface area (Å²) in [7, 11) is 0. The molecular formula is C7H16Cl2N2O2. The zero-order valence-corrected chi connectivity index (χ0v) is 9.39. The van der Waals surface area contributed by atoms with E-state index in [9.17, 15) is 0 Å². The number of nitrogens with one attached hydrogen (secondary N) is 2. The van der Waals surface area contributed by atoms with Crippen molar-refractivity contribution in [3.63, 3.8) is 0 Å². The minimum absolute atomic E-state index is 0. The Hall–Kier alpha value is -0.480. The summed E-state index contributed by atoms with van der Waals surface area (Å²) in [5, 5.41) is 14.3. The lowest BCUT2D eigenvalue weighted by molar-refractivity contribution is 0.298. The van der Waals surface area contributed by atoms with E-state index in [1.807, 2.05) is 0 Å². The van der Waals surface area contributed by atoms with Crippen LogP contribution >= 0.6 is 24.8 Å². The summed E-state index contributed by atoms with van der Waals surface area (Å²) in [5.41, 5.74) is 0. The Balaban J connectivity index is -0.000000500. The fourth-order valence-electron chi connectivity index (χ4n) is 0.596. The van der Waals surface area contributed by atoms with Crippen LogP contribution < -0.4 is 0 Å². The van der Waals surface area contributed by atoms with Crippen LogP contribution in [0.25, 0.3) is 0 Å². The molecule has 0 aromatic rings. The van der Waals surface area contributed by atoms with Crippen LogP contribution in [0.1, 0.15) is 20.3 Å². The van der Waals surface area contributed by atoms with Gasteiger partial charge in [-0.2, -0.15) is 0 Å². The van der Waals surface area contributed by atoms with E-state index in [1.54, 1.807) is 13.8 Å². The molecule has 6 heteroatoms. The van der Waals surface area contributed by atoms with Gasteiger partial charge in [0.15, 0.2) is 11.8 Å². The molecule has 0 aromatic heterocycles. The molecule has 0 aliphatic heterocycles. The van der Waals surface area contributed by atoms with Gasteiger partial charge >= 0.3 is 0 Å². The third-order valence-corrected chi connectivity index (χ3v) is 0.958. The molecule has 0 unspecified atom stereocenters. The lowest BCUT2D eigenvalue weighted by atomic mass is 10.4. The predicted octanol–water partition coefficient (Wildman–Crippen LogP) is 2.25. The zero-order chi connectivity index (χ0) is 8.69. The van der Waals surface area contributed by atoms with E-state index in [-0.39, 0.29) is 43.0 Å². The van der Waals surface area contributed by atoms with Crippen LogP contribution in [0.2, 0.25) is 0 Å². The summed E-state index contributed by atoms with van der Waals surface area (Å²) in [6.07, 6.45) is 0.154. The lowest BCUT2D eigenvalue weighted by Crippen LogP contribution is -2.12. The van der Waals surface area contributed by atoms with Crippen molar-refractivity contribution in [2.75, 3.05) is 13.2 Å². The molecule has 0 fully saturated rings. The number of halogens is 2. The van der Waals surface area contributed by atoms with Gasteiger partial charge in [0.1, 0.15) is 0 Å². The van der Waals surface area contributed by atoms with Crippen LogP contribution in [0.5, 0.6) is 0 Å². The average molecular weight is 231 g/mol. The van der Waals surface area contributed by atoms with Crippen LogP contribution in [0.3, 0.4) is 0 Å². The Kier molecular flexibility index (Phi) is 16.2. The van der Waals surface area contributed by atoms with E-state index in [4.69, 9.17) is 20.3 Å². The monoisotopic (exact) mass is 230 g/mol. The second-order valence-electron chi connectivity index (χ2n) is 1.89. The molecule has 0 amide bonds. The Morgan fingerprint density at radius 1 is 0.923 bits per heavy atom. The van der Waals surface area contributed by atoms with E-state index >= 15 is 0 Å². The molecule has 0 aliphatic carbocycles. The van der Waals surface area contributed by atoms with Gasteiger partial charge in [-0.05, 0) is 13.8 Å². The maximum absolute atomic E-state index is 7.15. The second-order valence-corrected chi connectivity index (χ2v) is 1.89. The normalized spacial score (nSPS) is 7.54. The molecule has 0 atom stereocenters. The number of hydrogen-bond acceptors (Lipinski definition) is 4. The molecule has 0 aromatic carbocycles. The second kappa shape index (κ2) is 11.5. The summed E-state index contributed by atoms with van der Waals surface area (Å²) >= 11 is 0. The van der Waals surface area contributed by atoms with E-state index in [0.717, 1.165) is 0 Å². The fraction of sp³-hybridized carbons (Fsp3) is 0.714. The van der Waals surface area contributed by atoms with Crippen molar-refractivity contribution in [3.8, 4) is 0 Å². The van der Waals surface area contributed by atoms with E-state index in [1.165, 1.54) is 0 Å². The minimum Gasteiger partial charge on any atom is -0.481 e. The Labute approximate surface area is 90.8 Å². The van der Waals surface area contributed by atoms with Crippen LogP contribution in [0.4, 0.5) is 0 Å². The van der Waals surface area contributed by atoms with Crippen molar-refractivity contribution in [2.24, 2.45) is 0 Å². The molecule has 4 nitrogen and oxygen atoms in total. The summed E-state index contributed by atoms with van der Waals surface area (Å²) in [6.45, 7) is 4.55. The highest BCUT2D eigenvalue weighted by Crippen LogP contribution is 1.90. The van der Waals surface area contributed by atoms with Gasteiger partial charge in [-0.3, -0.25) is 10.8 Å². The maximum atomic E-state index is 7.15. The van der Waals surface area contributed by atoms with Gasteiger partial charge in [-0.25, -0.2) is 0 Å². The van der Waals surface area contributed by atoms with Gasteiger partial charge in [-0.1, -0.05) is 0 Å². The summed E-state index contributed by atoms with van der Waals surface area (Å²) in [5.74, 6) is 0.178. The quantitative estimate of drug-likeness (QED) is 0.575. The molecule has 0 heterocycles. The predicted molar refractivity (Wildman–Crippen MR) is 57.8 cm³/mol. The molecule has 0 aliphatic rings. The van der Waals surface area contributed by atoms with Gasteiger partial charge in [0, 0.05) is 0 Å². The summed E-state index contributed by atoms with van der Waals surface area (Å²) in [6, 6.07) is 0. The number of ether oxygens (including phenoxy) is 2. The van der Waals surface area contributed by atoms with E-state index < -0.39 is 0 Å².